The van der Waals surface area contributed by atoms with E-state index in [1.165, 1.54) is 0 Å². The molecule has 0 spiro atoms. The van der Waals surface area contributed by atoms with Gasteiger partial charge in [0.1, 0.15) is 74.1 Å². The molecule has 10 heteroatoms. The molecule has 0 radical (unpaired) electrons. The van der Waals surface area contributed by atoms with Crippen molar-refractivity contribution in [2.45, 2.75) is 33.5 Å². The third-order valence-corrected chi connectivity index (χ3v) is 6.50. The summed E-state index contributed by atoms with van der Waals surface area (Å²) in [5.41, 5.74) is 2.94. The van der Waals surface area contributed by atoms with Crippen molar-refractivity contribution in [3.8, 4) is 34.5 Å². The summed E-state index contributed by atoms with van der Waals surface area (Å²) in [5.74, 6) is 4.61. The highest BCUT2D eigenvalue weighted by atomic mass is 16.5. The Balaban J connectivity index is 1.77. The fourth-order valence-electron chi connectivity index (χ4n) is 4.45. The number of rotatable bonds is 24. The molecule has 3 rings (SSSR count). The van der Waals surface area contributed by atoms with Gasteiger partial charge in [-0.25, -0.2) is 0 Å². The molecule has 0 amide bonds. The Morgan fingerprint density at radius 1 is 0.370 bits per heavy atom. The van der Waals surface area contributed by atoms with Gasteiger partial charge >= 0.3 is 0 Å². The SMILES string of the molecule is COCCOc1cc(COc2cc(CC(C)C)cc(OCc3cc(OCCOC)cc(OCCOC)c3)c2)cc(OCCOC)c1. The van der Waals surface area contributed by atoms with E-state index in [0.29, 0.717) is 106 Å². The molecule has 0 aliphatic rings. The summed E-state index contributed by atoms with van der Waals surface area (Å²) in [6.45, 7) is 8.67. The van der Waals surface area contributed by atoms with Gasteiger partial charge in [0.05, 0.1) is 26.4 Å². The van der Waals surface area contributed by atoms with Crippen LogP contribution in [0.25, 0.3) is 0 Å². The van der Waals surface area contributed by atoms with Gasteiger partial charge in [-0.15, -0.1) is 0 Å². The first-order valence-electron chi connectivity index (χ1n) is 15.6. The Kier molecular flexibility index (Phi) is 16.9. The highest BCUT2D eigenvalue weighted by Gasteiger charge is 2.10. The van der Waals surface area contributed by atoms with E-state index in [1.54, 1.807) is 28.4 Å². The van der Waals surface area contributed by atoms with Crippen LogP contribution in [0.3, 0.4) is 0 Å². The average Bonchev–Trinajstić information content (AvgIpc) is 3.03. The highest BCUT2D eigenvalue weighted by Crippen LogP contribution is 2.29. The van der Waals surface area contributed by atoms with E-state index < -0.39 is 0 Å². The molecule has 0 aromatic heterocycles. The maximum Gasteiger partial charge on any atom is 0.123 e. The van der Waals surface area contributed by atoms with Gasteiger partial charge < -0.3 is 47.4 Å². The normalized spacial score (nSPS) is 11.0. The molecule has 0 N–H and O–H groups in total. The summed E-state index contributed by atoms with van der Waals surface area (Å²) in [6, 6.07) is 17.5. The van der Waals surface area contributed by atoms with Crippen LogP contribution >= 0.6 is 0 Å². The van der Waals surface area contributed by atoms with Crippen LogP contribution in [-0.4, -0.2) is 81.3 Å². The Morgan fingerprint density at radius 2 is 0.652 bits per heavy atom. The van der Waals surface area contributed by atoms with E-state index in [1.807, 2.05) is 42.5 Å². The average molecular weight is 643 g/mol. The molecule has 0 aliphatic carbocycles. The van der Waals surface area contributed by atoms with Crippen LogP contribution in [0.2, 0.25) is 0 Å². The Hall–Kier alpha value is -3.70. The number of hydrogen-bond donors (Lipinski definition) is 0. The number of hydrogen-bond acceptors (Lipinski definition) is 10. The van der Waals surface area contributed by atoms with E-state index in [-0.39, 0.29) is 0 Å². The molecule has 0 unspecified atom stereocenters. The first-order chi connectivity index (χ1) is 22.4. The molecule has 0 heterocycles. The standard InChI is InChI=1S/C36H50O10/c1-27(2)15-28-16-35(45-25-29-18-31(41-11-7-37-3)22-32(19-29)42-12-8-38-4)24-36(17-28)46-26-30-20-33(43-13-9-39-5)23-34(21-30)44-14-10-40-6/h16-24,27H,7-15,25-26H2,1-6H3. The van der Waals surface area contributed by atoms with Crippen LogP contribution in [0.5, 0.6) is 34.5 Å². The zero-order chi connectivity index (χ0) is 33.0. The fourth-order valence-corrected chi connectivity index (χ4v) is 4.45. The summed E-state index contributed by atoms with van der Waals surface area (Å²) >= 11 is 0. The molecule has 0 saturated carbocycles. The maximum absolute atomic E-state index is 6.31. The summed E-state index contributed by atoms with van der Waals surface area (Å²) in [7, 11) is 6.57. The van der Waals surface area contributed by atoms with Crippen molar-refractivity contribution in [2.75, 3.05) is 81.3 Å². The number of methoxy groups -OCH3 is 4. The third kappa shape index (κ3) is 14.2. The Bertz CT molecular complexity index is 1130. The van der Waals surface area contributed by atoms with Crippen molar-refractivity contribution < 1.29 is 47.4 Å². The lowest BCUT2D eigenvalue weighted by Crippen LogP contribution is -2.08. The van der Waals surface area contributed by atoms with Crippen molar-refractivity contribution in [3.05, 3.63) is 71.3 Å². The molecule has 3 aromatic rings. The highest BCUT2D eigenvalue weighted by molar-refractivity contribution is 5.42. The lowest BCUT2D eigenvalue weighted by Gasteiger charge is -2.16. The Labute approximate surface area is 273 Å². The van der Waals surface area contributed by atoms with Gasteiger partial charge in [0.2, 0.25) is 0 Å². The van der Waals surface area contributed by atoms with E-state index in [4.69, 9.17) is 47.4 Å². The van der Waals surface area contributed by atoms with Gasteiger partial charge in [0.25, 0.3) is 0 Å². The van der Waals surface area contributed by atoms with Crippen molar-refractivity contribution in [1.29, 1.82) is 0 Å². The van der Waals surface area contributed by atoms with Crippen LogP contribution in [0.4, 0.5) is 0 Å². The summed E-state index contributed by atoms with van der Waals surface area (Å²) in [6.07, 6.45) is 0.883. The molecule has 10 nitrogen and oxygen atoms in total. The van der Waals surface area contributed by atoms with Gasteiger partial charge in [-0.2, -0.15) is 0 Å². The predicted octanol–water partition coefficient (Wildman–Crippen LogP) is 6.14. The molecule has 46 heavy (non-hydrogen) atoms. The minimum absolute atomic E-state index is 0.315. The molecule has 0 atom stereocenters. The maximum atomic E-state index is 6.31. The zero-order valence-electron chi connectivity index (χ0n) is 28.1. The van der Waals surface area contributed by atoms with Crippen LogP contribution in [0.1, 0.15) is 30.5 Å². The first-order valence-corrected chi connectivity index (χ1v) is 15.6. The topological polar surface area (TPSA) is 92.3 Å². The largest absolute Gasteiger partial charge is 0.491 e. The van der Waals surface area contributed by atoms with Crippen LogP contribution < -0.4 is 28.4 Å². The van der Waals surface area contributed by atoms with E-state index in [0.717, 1.165) is 23.1 Å². The quantitative estimate of drug-likeness (QED) is 0.106. The summed E-state index contributed by atoms with van der Waals surface area (Å²) < 4.78 is 56.6. The van der Waals surface area contributed by atoms with E-state index in [2.05, 4.69) is 26.0 Å². The second-order valence-corrected chi connectivity index (χ2v) is 11.0. The van der Waals surface area contributed by atoms with Crippen LogP contribution in [0.15, 0.2) is 54.6 Å². The lowest BCUT2D eigenvalue weighted by atomic mass is 10.0. The minimum Gasteiger partial charge on any atom is -0.491 e. The second-order valence-electron chi connectivity index (χ2n) is 11.0. The summed E-state index contributed by atoms with van der Waals surface area (Å²) in [4.78, 5) is 0. The smallest absolute Gasteiger partial charge is 0.123 e. The van der Waals surface area contributed by atoms with Gasteiger partial charge in [-0.05, 0) is 65.4 Å². The molecule has 0 bridgehead atoms. The van der Waals surface area contributed by atoms with E-state index in [9.17, 15) is 0 Å². The molecule has 0 saturated heterocycles. The fraction of sp³-hybridized carbons (Fsp3) is 0.500. The van der Waals surface area contributed by atoms with Crippen molar-refractivity contribution in [2.24, 2.45) is 5.92 Å². The first kappa shape index (κ1) is 36.8. The molecular formula is C36H50O10. The van der Waals surface area contributed by atoms with Gasteiger partial charge in [0.15, 0.2) is 0 Å². The van der Waals surface area contributed by atoms with Crippen molar-refractivity contribution >= 4 is 0 Å². The predicted molar refractivity (Wildman–Crippen MR) is 176 cm³/mol. The van der Waals surface area contributed by atoms with Crippen molar-refractivity contribution in [1.82, 2.24) is 0 Å². The van der Waals surface area contributed by atoms with Gasteiger partial charge in [-0.3, -0.25) is 0 Å². The van der Waals surface area contributed by atoms with E-state index >= 15 is 0 Å². The number of ether oxygens (including phenoxy) is 10. The van der Waals surface area contributed by atoms with Gasteiger partial charge in [0, 0.05) is 46.6 Å². The molecule has 0 aliphatic heterocycles. The molecular weight excluding hydrogens is 592 g/mol. The minimum atomic E-state index is 0.315. The molecule has 254 valence electrons. The van der Waals surface area contributed by atoms with Crippen LogP contribution in [-0.2, 0) is 38.6 Å². The third-order valence-electron chi connectivity index (χ3n) is 6.50. The molecule has 0 fully saturated rings. The summed E-state index contributed by atoms with van der Waals surface area (Å²) in [5, 5.41) is 0. The number of benzene rings is 3. The zero-order valence-corrected chi connectivity index (χ0v) is 28.1. The van der Waals surface area contributed by atoms with Gasteiger partial charge in [-0.1, -0.05) is 13.8 Å². The van der Waals surface area contributed by atoms with Crippen LogP contribution in [0, 0.1) is 5.92 Å². The monoisotopic (exact) mass is 642 g/mol. The Morgan fingerprint density at radius 3 is 0.935 bits per heavy atom. The lowest BCUT2D eigenvalue weighted by molar-refractivity contribution is 0.142. The van der Waals surface area contributed by atoms with Crippen molar-refractivity contribution in [3.63, 3.8) is 0 Å². The molecule has 3 aromatic carbocycles. The second kappa shape index (κ2) is 21.2.